The van der Waals surface area contributed by atoms with Crippen molar-refractivity contribution in [1.29, 1.82) is 0 Å². The maximum absolute atomic E-state index is 13.3. The lowest BCUT2D eigenvalue weighted by Gasteiger charge is -2.14. The zero-order valence-corrected chi connectivity index (χ0v) is 13.5. The standard InChI is InChI=1S/C17H22FN3O2/c1-11-14-8-12(18)5-6-15(14)23-16(11)10-21-17(19-2)20-9-13-4-3-7-22-13/h5-6,8,13H,3-4,7,9-10H2,1-2H3,(H2,19,20,21). The molecule has 0 bridgehead atoms. The predicted octanol–water partition coefficient (Wildman–Crippen LogP) is 2.72. The van der Waals surface area contributed by atoms with E-state index in [0.29, 0.717) is 18.1 Å². The van der Waals surface area contributed by atoms with Crippen LogP contribution in [-0.2, 0) is 11.3 Å². The van der Waals surface area contributed by atoms with Crippen LogP contribution >= 0.6 is 0 Å². The highest BCUT2D eigenvalue weighted by Gasteiger charge is 2.16. The molecule has 23 heavy (non-hydrogen) atoms. The lowest BCUT2D eigenvalue weighted by molar-refractivity contribution is 0.114. The van der Waals surface area contributed by atoms with Gasteiger partial charge in [0, 0.05) is 31.1 Å². The van der Waals surface area contributed by atoms with Crippen molar-refractivity contribution in [3.8, 4) is 0 Å². The summed E-state index contributed by atoms with van der Waals surface area (Å²) in [7, 11) is 1.73. The van der Waals surface area contributed by atoms with Gasteiger partial charge in [-0.2, -0.15) is 0 Å². The maximum Gasteiger partial charge on any atom is 0.191 e. The van der Waals surface area contributed by atoms with Gasteiger partial charge in [-0.05, 0) is 38.0 Å². The number of hydrogen-bond acceptors (Lipinski definition) is 3. The third kappa shape index (κ3) is 3.64. The molecule has 0 radical (unpaired) electrons. The number of nitrogens with one attached hydrogen (secondary N) is 2. The van der Waals surface area contributed by atoms with Crippen LogP contribution < -0.4 is 10.6 Å². The number of aliphatic imine (C=N–C) groups is 1. The second-order valence-electron chi connectivity index (χ2n) is 5.73. The fourth-order valence-corrected chi connectivity index (χ4v) is 2.81. The summed E-state index contributed by atoms with van der Waals surface area (Å²) in [6, 6.07) is 4.57. The zero-order valence-electron chi connectivity index (χ0n) is 13.5. The Labute approximate surface area is 134 Å². The fourth-order valence-electron chi connectivity index (χ4n) is 2.81. The quantitative estimate of drug-likeness (QED) is 0.672. The Bertz CT molecular complexity index is 705. The van der Waals surface area contributed by atoms with Crippen LogP contribution in [0.3, 0.4) is 0 Å². The van der Waals surface area contributed by atoms with Crippen LogP contribution in [-0.4, -0.2) is 32.3 Å². The molecule has 1 fully saturated rings. The number of guanidine groups is 1. The fraction of sp³-hybridized carbons (Fsp3) is 0.471. The minimum Gasteiger partial charge on any atom is -0.459 e. The number of aryl methyl sites for hydroxylation is 1. The first-order chi connectivity index (χ1) is 11.2. The number of furan rings is 1. The number of halogens is 1. The SMILES string of the molecule is CN=C(NCc1oc2ccc(F)cc2c1C)NCC1CCCO1. The molecule has 1 saturated heterocycles. The molecular formula is C17H22FN3O2. The maximum atomic E-state index is 13.3. The van der Waals surface area contributed by atoms with Crippen molar-refractivity contribution in [2.75, 3.05) is 20.2 Å². The highest BCUT2D eigenvalue weighted by Crippen LogP contribution is 2.25. The molecule has 0 spiro atoms. The van der Waals surface area contributed by atoms with Crippen LogP contribution in [0, 0.1) is 12.7 Å². The van der Waals surface area contributed by atoms with E-state index in [1.165, 1.54) is 12.1 Å². The van der Waals surface area contributed by atoms with Crippen molar-refractivity contribution in [2.45, 2.75) is 32.4 Å². The molecule has 5 nitrogen and oxygen atoms in total. The number of rotatable bonds is 4. The van der Waals surface area contributed by atoms with Gasteiger partial charge in [-0.1, -0.05) is 0 Å². The van der Waals surface area contributed by atoms with Crippen molar-refractivity contribution in [3.63, 3.8) is 0 Å². The molecule has 2 N–H and O–H groups in total. The van der Waals surface area contributed by atoms with E-state index < -0.39 is 0 Å². The van der Waals surface area contributed by atoms with E-state index in [2.05, 4.69) is 15.6 Å². The molecule has 1 atom stereocenters. The normalized spacial score (nSPS) is 18.6. The van der Waals surface area contributed by atoms with Crippen molar-refractivity contribution < 1.29 is 13.5 Å². The van der Waals surface area contributed by atoms with Crippen molar-refractivity contribution in [2.24, 2.45) is 4.99 Å². The van der Waals surface area contributed by atoms with Gasteiger partial charge in [0.1, 0.15) is 17.2 Å². The molecule has 0 aliphatic carbocycles. The summed E-state index contributed by atoms with van der Waals surface area (Å²) in [5.74, 6) is 1.23. The second-order valence-corrected chi connectivity index (χ2v) is 5.73. The Morgan fingerprint density at radius 2 is 2.26 bits per heavy atom. The van der Waals surface area contributed by atoms with E-state index >= 15 is 0 Å². The molecule has 3 rings (SSSR count). The lowest BCUT2D eigenvalue weighted by atomic mass is 10.1. The minimum absolute atomic E-state index is 0.254. The average Bonchev–Trinajstić information content (AvgIpc) is 3.17. The first-order valence-corrected chi connectivity index (χ1v) is 7.91. The smallest absolute Gasteiger partial charge is 0.191 e. The third-order valence-electron chi connectivity index (χ3n) is 4.16. The van der Waals surface area contributed by atoms with Gasteiger partial charge in [0.25, 0.3) is 0 Å². The predicted molar refractivity (Wildman–Crippen MR) is 88.1 cm³/mol. The molecule has 6 heteroatoms. The van der Waals surface area contributed by atoms with E-state index in [9.17, 15) is 4.39 Å². The van der Waals surface area contributed by atoms with Gasteiger partial charge in [0.05, 0.1) is 12.6 Å². The number of benzene rings is 1. The Morgan fingerprint density at radius 1 is 1.39 bits per heavy atom. The molecule has 2 aromatic rings. The first kappa shape index (κ1) is 15.8. The largest absolute Gasteiger partial charge is 0.459 e. The van der Waals surface area contributed by atoms with Crippen LogP contribution in [0.2, 0.25) is 0 Å². The topological polar surface area (TPSA) is 58.8 Å². The summed E-state index contributed by atoms with van der Waals surface area (Å²) in [6.45, 7) is 4.01. The number of ether oxygens (including phenoxy) is 1. The van der Waals surface area contributed by atoms with Crippen molar-refractivity contribution >= 4 is 16.9 Å². The van der Waals surface area contributed by atoms with E-state index in [1.807, 2.05) is 6.92 Å². The van der Waals surface area contributed by atoms with E-state index in [0.717, 1.165) is 42.7 Å². The molecule has 1 aliphatic heterocycles. The Balaban J connectivity index is 1.61. The van der Waals surface area contributed by atoms with Gasteiger partial charge in [0.2, 0.25) is 0 Å². The Morgan fingerprint density at radius 3 is 3.00 bits per heavy atom. The zero-order chi connectivity index (χ0) is 16.2. The highest BCUT2D eigenvalue weighted by molar-refractivity contribution is 5.83. The summed E-state index contributed by atoms with van der Waals surface area (Å²) in [5.41, 5.74) is 1.64. The molecule has 124 valence electrons. The van der Waals surface area contributed by atoms with Gasteiger partial charge >= 0.3 is 0 Å². The number of nitrogens with zero attached hydrogens (tertiary/aromatic N) is 1. The lowest BCUT2D eigenvalue weighted by Crippen LogP contribution is -2.40. The van der Waals surface area contributed by atoms with E-state index in [1.54, 1.807) is 13.1 Å². The van der Waals surface area contributed by atoms with Crippen LogP contribution in [0.25, 0.3) is 11.0 Å². The van der Waals surface area contributed by atoms with Crippen molar-refractivity contribution in [3.05, 3.63) is 35.3 Å². The first-order valence-electron chi connectivity index (χ1n) is 7.91. The molecule has 2 heterocycles. The second kappa shape index (κ2) is 7.00. The Hall–Kier alpha value is -2.08. The number of fused-ring (bicyclic) bond motifs is 1. The van der Waals surface area contributed by atoms with E-state index in [4.69, 9.17) is 9.15 Å². The van der Waals surface area contributed by atoms with Crippen LogP contribution in [0.15, 0.2) is 27.6 Å². The monoisotopic (exact) mass is 319 g/mol. The molecule has 1 unspecified atom stereocenters. The molecule has 0 saturated carbocycles. The summed E-state index contributed by atoms with van der Waals surface area (Å²) in [5, 5.41) is 7.29. The Kier molecular flexibility index (Phi) is 4.81. The van der Waals surface area contributed by atoms with Crippen molar-refractivity contribution in [1.82, 2.24) is 10.6 Å². The van der Waals surface area contributed by atoms with Crippen LogP contribution in [0.1, 0.15) is 24.2 Å². The van der Waals surface area contributed by atoms with Crippen LogP contribution in [0.5, 0.6) is 0 Å². The molecule has 1 aromatic carbocycles. The molecule has 0 amide bonds. The highest BCUT2D eigenvalue weighted by atomic mass is 19.1. The van der Waals surface area contributed by atoms with Gasteiger partial charge in [-0.15, -0.1) is 0 Å². The van der Waals surface area contributed by atoms with Gasteiger partial charge in [0.15, 0.2) is 5.96 Å². The van der Waals surface area contributed by atoms with E-state index in [-0.39, 0.29) is 11.9 Å². The minimum atomic E-state index is -0.255. The molecule has 1 aliphatic rings. The van der Waals surface area contributed by atoms with Gasteiger partial charge in [-0.3, -0.25) is 4.99 Å². The summed E-state index contributed by atoms with van der Waals surface area (Å²) in [4.78, 5) is 4.20. The summed E-state index contributed by atoms with van der Waals surface area (Å²) < 4.78 is 24.7. The number of hydrogen-bond donors (Lipinski definition) is 2. The van der Waals surface area contributed by atoms with Crippen LogP contribution in [0.4, 0.5) is 4.39 Å². The molecular weight excluding hydrogens is 297 g/mol. The van der Waals surface area contributed by atoms with Gasteiger partial charge < -0.3 is 19.8 Å². The summed E-state index contributed by atoms with van der Waals surface area (Å²) >= 11 is 0. The average molecular weight is 319 g/mol. The molecule has 1 aromatic heterocycles. The third-order valence-corrected chi connectivity index (χ3v) is 4.16. The van der Waals surface area contributed by atoms with Gasteiger partial charge in [-0.25, -0.2) is 4.39 Å². The summed E-state index contributed by atoms with van der Waals surface area (Å²) in [6.07, 6.45) is 2.45.